The average molecular weight is 467 g/mol. The SMILES string of the molecule is C=CC(=O)Nc1cc(CNc2cc(-c3cn(C)c4ccccc34)ccn2)ccc1N1CCC(N)C1. The summed E-state index contributed by atoms with van der Waals surface area (Å²) in [6.07, 6.45) is 6.21. The number of fused-ring (bicyclic) bond motifs is 1. The highest BCUT2D eigenvalue weighted by molar-refractivity contribution is 6.01. The van der Waals surface area contributed by atoms with Crippen LogP contribution in [0, 0.1) is 0 Å². The van der Waals surface area contributed by atoms with Gasteiger partial charge in [0.05, 0.1) is 11.4 Å². The maximum absolute atomic E-state index is 12.1. The van der Waals surface area contributed by atoms with E-state index in [1.165, 1.54) is 22.5 Å². The first-order valence-electron chi connectivity index (χ1n) is 11.8. The second-order valence-electron chi connectivity index (χ2n) is 8.99. The third-order valence-electron chi connectivity index (χ3n) is 6.51. The van der Waals surface area contributed by atoms with Crippen molar-refractivity contribution in [1.29, 1.82) is 0 Å². The van der Waals surface area contributed by atoms with Crippen LogP contribution in [0.25, 0.3) is 22.0 Å². The van der Waals surface area contributed by atoms with Crippen LogP contribution in [0.2, 0.25) is 0 Å². The van der Waals surface area contributed by atoms with E-state index in [4.69, 9.17) is 5.73 Å². The van der Waals surface area contributed by atoms with Crippen LogP contribution >= 0.6 is 0 Å². The zero-order valence-electron chi connectivity index (χ0n) is 19.9. The van der Waals surface area contributed by atoms with Crippen LogP contribution in [0.15, 0.2) is 79.6 Å². The number of benzene rings is 2. The van der Waals surface area contributed by atoms with Gasteiger partial charge in [-0.1, -0.05) is 30.8 Å². The largest absolute Gasteiger partial charge is 0.368 e. The molecule has 7 heteroatoms. The Kier molecular flexibility index (Phi) is 6.25. The molecule has 0 aliphatic carbocycles. The predicted molar refractivity (Wildman–Crippen MR) is 144 cm³/mol. The Balaban J connectivity index is 1.37. The highest BCUT2D eigenvalue weighted by Crippen LogP contribution is 2.32. The topological polar surface area (TPSA) is 88.2 Å². The Morgan fingerprint density at radius 2 is 2.09 bits per heavy atom. The quantitative estimate of drug-likeness (QED) is 0.349. The summed E-state index contributed by atoms with van der Waals surface area (Å²) in [5.74, 6) is 0.561. The second-order valence-corrected chi connectivity index (χ2v) is 8.99. The highest BCUT2D eigenvalue weighted by Gasteiger charge is 2.22. The number of rotatable bonds is 7. The fraction of sp³-hybridized carbons (Fsp3) is 0.214. The van der Waals surface area contributed by atoms with Gasteiger partial charge in [-0.3, -0.25) is 4.79 Å². The first kappa shape index (κ1) is 22.7. The number of hydrogen-bond acceptors (Lipinski definition) is 5. The van der Waals surface area contributed by atoms with Gasteiger partial charge in [0.1, 0.15) is 5.82 Å². The van der Waals surface area contributed by atoms with E-state index in [0.29, 0.717) is 6.54 Å². The molecule has 35 heavy (non-hydrogen) atoms. The molecule has 2 aromatic carbocycles. The van der Waals surface area contributed by atoms with Crippen molar-refractivity contribution in [2.45, 2.75) is 19.0 Å². The monoisotopic (exact) mass is 466 g/mol. The summed E-state index contributed by atoms with van der Waals surface area (Å²) in [6.45, 7) is 5.81. The number of hydrogen-bond donors (Lipinski definition) is 3. The summed E-state index contributed by atoms with van der Waals surface area (Å²) in [5, 5.41) is 7.60. The van der Waals surface area contributed by atoms with E-state index in [1.807, 2.05) is 24.4 Å². The number of nitrogens with zero attached hydrogens (tertiary/aromatic N) is 3. The molecule has 7 nitrogen and oxygen atoms in total. The number of aromatic nitrogens is 2. The van der Waals surface area contributed by atoms with Crippen LogP contribution < -0.4 is 21.3 Å². The minimum absolute atomic E-state index is 0.152. The zero-order valence-corrected chi connectivity index (χ0v) is 19.9. The molecule has 3 heterocycles. The minimum atomic E-state index is -0.232. The zero-order chi connectivity index (χ0) is 24.4. The minimum Gasteiger partial charge on any atom is -0.368 e. The fourth-order valence-electron chi connectivity index (χ4n) is 4.72. The molecule has 0 saturated carbocycles. The van der Waals surface area contributed by atoms with E-state index in [0.717, 1.165) is 47.8 Å². The van der Waals surface area contributed by atoms with E-state index in [2.05, 4.69) is 81.3 Å². The smallest absolute Gasteiger partial charge is 0.247 e. The molecule has 1 aliphatic rings. The summed E-state index contributed by atoms with van der Waals surface area (Å²) in [7, 11) is 2.06. The van der Waals surface area contributed by atoms with Gasteiger partial charge in [0.25, 0.3) is 0 Å². The number of amides is 1. The lowest BCUT2D eigenvalue weighted by Gasteiger charge is -2.22. The Morgan fingerprint density at radius 1 is 1.23 bits per heavy atom. The highest BCUT2D eigenvalue weighted by atomic mass is 16.1. The maximum Gasteiger partial charge on any atom is 0.247 e. The van der Waals surface area contributed by atoms with E-state index in [1.54, 1.807) is 0 Å². The van der Waals surface area contributed by atoms with Crippen LogP contribution in [0.5, 0.6) is 0 Å². The average Bonchev–Trinajstić information content (AvgIpc) is 3.46. The van der Waals surface area contributed by atoms with Crippen molar-refractivity contribution in [2.75, 3.05) is 28.6 Å². The van der Waals surface area contributed by atoms with E-state index >= 15 is 0 Å². The Bertz CT molecular complexity index is 1390. The van der Waals surface area contributed by atoms with Crippen molar-refractivity contribution >= 4 is 34.0 Å². The van der Waals surface area contributed by atoms with Crippen LogP contribution in [0.4, 0.5) is 17.2 Å². The molecule has 0 radical (unpaired) electrons. The summed E-state index contributed by atoms with van der Waals surface area (Å²) in [5.41, 5.74) is 12.4. The molecule has 1 atom stereocenters. The van der Waals surface area contributed by atoms with E-state index in [9.17, 15) is 4.79 Å². The van der Waals surface area contributed by atoms with Gasteiger partial charge < -0.3 is 25.8 Å². The molecule has 4 N–H and O–H groups in total. The fourth-order valence-corrected chi connectivity index (χ4v) is 4.72. The molecule has 5 rings (SSSR count). The van der Waals surface area contributed by atoms with Crippen molar-refractivity contribution in [3.05, 3.63) is 85.2 Å². The molecular weight excluding hydrogens is 436 g/mol. The number of nitrogens with one attached hydrogen (secondary N) is 2. The lowest BCUT2D eigenvalue weighted by molar-refractivity contribution is -0.111. The summed E-state index contributed by atoms with van der Waals surface area (Å²) in [6, 6.07) is 18.8. The third kappa shape index (κ3) is 4.76. The van der Waals surface area contributed by atoms with Crippen LogP contribution in [-0.2, 0) is 18.4 Å². The van der Waals surface area contributed by atoms with Crippen molar-refractivity contribution < 1.29 is 4.79 Å². The first-order valence-corrected chi connectivity index (χ1v) is 11.8. The summed E-state index contributed by atoms with van der Waals surface area (Å²) < 4.78 is 2.14. The number of carbonyl (C=O) groups is 1. The molecule has 1 saturated heterocycles. The molecule has 2 aromatic heterocycles. The van der Waals surface area contributed by atoms with Gasteiger partial charge in [0.15, 0.2) is 0 Å². The lowest BCUT2D eigenvalue weighted by atomic mass is 10.1. The molecule has 1 unspecified atom stereocenters. The van der Waals surface area contributed by atoms with Crippen molar-refractivity contribution in [3.8, 4) is 11.1 Å². The van der Waals surface area contributed by atoms with Crippen molar-refractivity contribution in [3.63, 3.8) is 0 Å². The lowest BCUT2D eigenvalue weighted by Crippen LogP contribution is -2.27. The van der Waals surface area contributed by atoms with Crippen LogP contribution in [0.3, 0.4) is 0 Å². The number of para-hydroxylation sites is 1. The molecular formula is C28H30N6O. The Morgan fingerprint density at radius 3 is 2.89 bits per heavy atom. The van der Waals surface area contributed by atoms with Crippen molar-refractivity contribution in [1.82, 2.24) is 9.55 Å². The summed E-state index contributed by atoms with van der Waals surface area (Å²) >= 11 is 0. The molecule has 1 fully saturated rings. The number of nitrogens with two attached hydrogens (primary N) is 1. The van der Waals surface area contributed by atoms with Gasteiger partial charge >= 0.3 is 0 Å². The van der Waals surface area contributed by atoms with Crippen molar-refractivity contribution in [2.24, 2.45) is 12.8 Å². The van der Waals surface area contributed by atoms with E-state index < -0.39 is 0 Å². The normalized spacial score (nSPS) is 15.4. The Labute approximate surface area is 205 Å². The van der Waals surface area contributed by atoms with Gasteiger partial charge in [-0.25, -0.2) is 4.98 Å². The van der Waals surface area contributed by atoms with Gasteiger partial charge in [-0.05, 0) is 54.0 Å². The van der Waals surface area contributed by atoms with E-state index in [-0.39, 0.29) is 11.9 Å². The predicted octanol–water partition coefficient (Wildman–Crippen LogP) is 4.51. The van der Waals surface area contributed by atoms with Gasteiger partial charge in [-0.15, -0.1) is 0 Å². The molecule has 4 aromatic rings. The Hall–Kier alpha value is -4.10. The molecule has 178 valence electrons. The molecule has 1 aliphatic heterocycles. The van der Waals surface area contributed by atoms with Gasteiger partial charge in [0, 0.05) is 61.6 Å². The second kappa shape index (κ2) is 9.64. The van der Waals surface area contributed by atoms with Gasteiger partial charge in [0.2, 0.25) is 5.91 Å². The van der Waals surface area contributed by atoms with Crippen LogP contribution in [-0.4, -0.2) is 34.6 Å². The van der Waals surface area contributed by atoms with Gasteiger partial charge in [-0.2, -0.15) is 0 Å². The maximum atomic E-state index is 12.1. The standard InChI is InChI=1S/C28H30N6O/c1-3-28(35)32-24-14-19(8-9-26(24)34-13-11-21(29)17-34)16-31-27-15-20(10-12-30-27)23-18-33(2)25-7-5-4-6-22(23)25/h3-10,12,14-15,18,21H,1,11,13,16-17,29H2,2H3,(H,30,31)(H,32,35). The molecule has 0 bridgehead atoms. The summed E-state index contributed by atoms with van der Waals surface area (Å²) in [4.78, 5) is 18.8. The molecule has 1 amide bonds. The first-order chi connectivity index (χ1) is 17.0. The number of carbonyl (C=O) groups excluding carboxylic acids is 1. The number of pyridine rings is 1. The number of aryl methyl sites for hydroxylation is 1. The van der Waals surface area contributed by atoms with Crippen LogP contribution in [0.1, 0.15) is 12.0 Å². The molecule has 0 spiro atoms. The number of anilines is 3. The third-order valence-corrected chi connectivity index (χ3v) is 6.51.